The molecule has 0 saturated heterocycles. The van der Waals surface area contributed by atoms with Crippen molar-refractivity contribution in [2.24, 2.45) is 5.73 Å². The number of rotatable bonds is 4. The zero-order chi connectivity index (χ0) is 13.9. The van der Waals surface area contributed by atoms with Gasteiger partial charge in [-0.15, -0.1) is 36.2 Å². The molecule has 0 spiro atoms. The normalized spacial score (nSPS) is 15.5. The molecule has 0 aliphatic heterocycles. The average Bonchev–Trinajstić information content (AvgIpc) is 2.98. The van der Waals surface area contributed by atoms with Crippen molar-refractivity contribution in [1.82, 2.24) is 10.3 Å². The molecular weight excluding hydrogens is 335 g/mol. The van der Waals surface area contributed by atoms with E-state index in [9.17, 15) is 9.59 Å². The topological polar surface area (TPSA) is 97.1 Å². The van der Waals surface area contributed by atoms with Crippen molar-refractivity contribution in [3.05, 3.63) is 11.1 Å². The van der Waals surface area contributed by atoms with E-state index in [2.05, 4.69) is 15.6 Å². The Bertz CT molecular complexity index is 489. The van der Waals surface area contributed by atoms with Crippen molar-refractivity contribution in [3.8, 4) is 0 Å². The maximum atomic E-state index is 12.1. The number of thiazole rings is 1. The van der Waals surface area contributed by atoms with Crippen LogP contribution in [0.15, 0.2) is 5.38 Å². The molecule has 2 amide bonds. The van der Waals surface area contributed by atoms with Gasteiger partial charge in [0.25, 0.3) is 5.91 Å². The van der Waals surface area contributed by atoms with Crippen LogP contribution in [0.2, 0.25) is 0 Å². The third-order valence-corrected chi connectivity index (χ3v) is 4.11. The molecular formula is C12H20Cl2N4O2S. The van der Waals surface area contributed by atoms with Gasteiger partial charge in [0, 0.05) is 18.8 Å². The van der Waals surface area contributed by atoms with Crippen molar-refractivity contribution in [2.45, 2.75) is 38.1 Å². The molecule has 1 saturated carbocycles. The number of carbonyl (C=O) groups is 2. The molecule has 6 nitrogen and oxygen atoms in total. The molecule has 1 aliphatic carbocycles. The van der Waals surface area contributed by atoms with Gasteiger partial charge in [-0.1, -0.05) is 12.8 Å². The number of hydrogen-bond donors (Lipinski definition) is 3. The van der Waals surface area contributed by atoms with E-state index in [0.29, 0.717) is 17.4 Å². The van der Waals surface area contributed by atoms with Gasteiger partial charge in [0.05, 0.1) is 5.54 Å². The summed E-state index contributed by atoms with van der Waals surface area (Å²) >= 11 is 1.24. The third-order valence-electron chi connectivity index (χ3n) is 3.35. The van der Waals surface area contributed by atoms with Crippen LogP contribution < -0.4 is 16.4 Å². The second-order valence-electron chi connectivity index (χ2n) is 4.86. The number of anilines is 1. The maximum absolute atomic E-state index is 12.1. The number of nitrogens with one attached hydrogen (secondary N) is 2. The van der Waals surface area contributed by atoms with E-state index < -0.39 is 0 Å². The maximum Gasteiger partial charge on any atom is 0.271 e. The number of nitrogens with zero attached hydrogens (tertiary/aromatic N) is 1. The summed E-state index contributed by atoms with van der Waals surface area (Å²) in [5.74, 6) is -0.421. The fourth-order valence-corrected chi connectivity index (χ4v) is 3.06. The second kappa shape index (κ2) is 8.53. The van der Waals surface area contributed by atoms with Gasteiger partial charge in [0.2, 0.25) is 5.91 Å². The van der Waals surface area contributed by atoms with E-state index in [0.717, 1.165) is 25.7 Å². The van der Waals surface area contributed by atoms with E-state index in [1.165, 1.54) is 18.3 Å². The third kappa shape index (κ3) is 5.10. The summed E-state index contributed by atoms with van der Waals surface area (Å²) in [5, 5.41) is 7.63. The smallest absolute Gasteiger partial charge is 0.271 e. The van der Waals surface area contributed by atoms with Gasteiger partial charge in [0.1, 0.15) is 5.69 Å². The van der Waals surface area contributed by atoms with Crippen LogP contribution in [0.1, 0.15) is 43.1 Å². The highest BCUT2D eigenvalue weighted by Gasteiger charge is 2.34. The summed E-state index contributed by atoms with van der Waals surface area (Å²) in [4.78, 5) is 27.1. The highest BCUT2D eigenvalue weighted by atomic mass is 35.5. The molecule has 9 heteroatoms. The molecule has 21 heavy (non-hydrogen) atoms. The summed E-state index contributed by atoms with van der Waals surface area (Å²) in [6.07, 6.45) is 4.01. The predicted octanol–water partition coefficient (Wildman–Crippen LogP) is 1.95. The summed E-state index contributed by atoms with van der Waals surface area (Å²) < 4.78 is 0. The fraction of sp³-hybridized carbons (Fsp3) is 0.583. The SMILES string of the molecule is CC(=O)Nc1nc(C(=O)NC2(CN)CCCC2)cs1.Cl.Cl. The minimum absolute atomic E-state index is 0. The van der Waals surface area contributed by atoms with Crippen LogP contribution in [0.25, 0.3) is 0 Å². The first-order chi connectivity index (χ1) is 9.04. The standard InChI is InChI=1S/C12H18N4O2S.2ClH/c1-8(17)14-11-15-9(6-19-11)10(18)16-12(7-13)4-2-3-5-12;;/h6H,2-5,7,13H2,1H3,(H,16,18)(H,14,15,17);2*1H. The number of nitrogens with two attached hydrogens (primary N) is 1. The first kappa shape index (κ1) is 20.1. The van der Waals surface area contributed by atoms with E-state index in [1.807, 2.05) is 0 Å². The Kier molecular flexibility index (Phi) is 8.17. The van der Waals surface area contributed by atoms with Gasteiger partial charge in [0.15, 0.2) is 5.13 Å². The van der Waals surface area contributed by atoms with Crippen molar-refractivity contribution in [1.29, 1.82) is 0 Å². The van der Waals surface area contributed by atoms with Gasteiger partial charge >= 0.3 is 0 Å². The Morgan fingerprint density at radius 2 is 2.00 bits per heavy atom. The van der Waals surface area contributed by atoms with Gasteiger partial charge in [-0.2, -0.15) is 0 Å². The highest BCUT2D eigenvalue weighted by Crippen LogP contribution is 2.29. The highest BCUT2D eigenvalue weighted by molar-refractivity contribution is 7.14. The molecule has 0 bridgehead atoms. The Hall–Kier alpha value is -0.890. The lowest BCUT2D eigenvalue weighted by Gasteiger charge is -2.28. The number of carbonyl (C=O) groups excluding carboxylic acids is 2. The zero-order valence-electron chi connectivity index (χ0n) is 11.7. The largest absolute Gasteiger partial charge is 0.344 e. The van der Waals surface area contributed by atoms with Crippen molar-refractivity contribution in [3.63, 3.8) is 0 Å². The first-order valence-electron chi connectivity index (χ1n) is 6.30. The van der Waals surface area contributed by atoms with E-state index >= 15 is 0 Å². The van der Waals surface area contributed by atoms with Crippen LogP contribution in [0.3, 0.4) is 0 Å². The fourth-order valence-electron chi connectivity index (χ4n) is 2.32. The van der Waals surface area contributed by atoms with E-state index in [4.69, 9.17) is 5.73 Å². The molecule has 0 radical (unpaired) electrons. The Morgan fingerprint density at radius 3 is 2.52 bits per heavy atom. The van der Waals surface area contributed by atoms with Crippen LogP contribution in [0.4, 0.5) is 5.13 Å². The summed E-state index contributed by atoms with van der Waals surface area (Å²) in [6.45, 7) is 1.85. The summed E-state index contributed by atoms with van der Waals surface area (Å²) in [5.41, 5.74) is 5.82. The summed E-state index contributed by atoms with van der Waals surface area (Å²) in [6, 6.07) is 0. The van der Waals surface area contributed by atoms with Crippen molar-refractivity contribution < 1.29 is 9.59 Å². The van der Waals surface area contributed by atoms with E-state index in [-0.39, 0.29) is 42.2 Å². The molecule has 1 aliphatic rings. The molecule has 0 atom stereocenters. The first-order valence-corrected chi connectivity index (χ1v) is 7.18. The molecule has 4 N–H and O–H groups in total. The van der Waals surface area contributed by atoms with Crippen LogP contribution in [-0.4, -0.2) is 28.9 Å². The minimum Gasteiger partial charge on any atom is -0.344 e. The van der Waals surface area contributed by atoms with Crippen LogP contribution >= 0.6 is 36.2 Å². The van der Waals surface area contributed by atoms with Crippen LogP contribution in [0, 0.1) is 0 Å². The molecule has 1 aromatic heterocycles. The average molecular weight is 355 g/mol. The molecule has 1 aromatic rings. The number of hydrogen-bond acceptors (Lipinski definition) is 5. The van der Waals surface area contributed by atoms with E-state index in [1.54, 1.807) is 5.38 Å². The monoisotopic (exact) mass is 354 g/mol. The molecule has 1 fully saturated rings. The lowest BCUT2D eigenvalue weighted by Crippen LogP contribution is -2.51. The lowest BCUT2D eigenvalue weighted by atomic mass is 9.98. The minimum atomic E-state index is -0.283. The van der Waals surface area contributed by atoms with Gasteiger partial charge < -0.3 is 16.4 Å². The zero-order valence-corrected chi connectivity index (χ0v) is 14.1. The van der Waals surface area contributed by atoms with Crippen molar-refractivity contribution >= 4 is 53.1 Å². The quantitative estimate of drug-likeness (QED) is 0.769. The predicted molar refractivity (Wildman–Crippen MR) is 88.6 cm³/mol. The van der Waals surface area contributed by atoms with Gasteiger partial charge in [-0.25, -0.2) is 4.98 Å². The molecule has 0 aromatic carbocycles. The second-order valence-corrected chi connectivity index (χ2v) is 5.72. The lowest BCUT2D eigenvalue weighted by molar-refractivity contribution is -0.114. The Morgan fingerprint density at radius 1 is 1.38 bits per heavy atom. The van der Waals surface area contributed by atoms with Crippen LogP contribution in [-0.2, 0) is 4.79 Å². The molecule has 1 heterocycles. The Labute approximate surface area is 140 Å². The molecule has 120 valence electrons. The summed E-state index contributed by atoms with van der Waals surface area (Å²) in [7, 11) is 0. The molecule has 2 rings (SSSR count). The van der Waals surface area contributed by atoms with Gasteiger partial charge in [-0.05, 0) is 12.8 Å². The number of aromatic nitrogens is 1. The molecule has 0 unspecified atom stereocenters. The van der Waals surface area contributed by atoms with Crippen LogP contribution in [0.5, 0.6) is 0 Å². The number of halogens is 2. The number of amides is 2. The Balaban J connectivity index is 0.00000200. The van der Waals surface area contributed by atoms with Gasteiger partial charge in [-0.3, -0.25) is 9.59 Å². The van der Waals surface area contributed by atoms with Crippen molar-refractivity contribution in [2.75, 3.05) is 11.9 Å².